The molecule has 18 heavy (non-hydrogen) atoms. The van der Waals surface area contributed by atoms with Gasteiger partial charge in [-0.2, -0.15) is 5.10 Å². The second-order valence-electron chi connectivity index (χ2n) is 4.26. The first kappa shape index (κ1) is 13.3. The van der Waals surface area contributed by atoms with Crippen molar-refractivity contribution in [3.8, 4) is 0 Å². The number of likely N-dealkylation sites (N-methyl/N-ethyl adjacent to an activating group) is 1. The summed E-state index contributed by atoms with van der Waals surface area (Å²) in [5, 5.41) is 7.86. The number of halogens is 1. The van der Waals surface area contributed by atoms with Gasteiger partial charge < -0.3 is 10.3 Å². The number of nitrogens with one attached hydrogen (secondary N) is 2. The summed E-state index contributed by atoms with van der Waals surface area (Å²) in [6.45, 7) is 5.00. The van der Waals surface area contributed by atoms with Gasteiger partial charge >= 0.3 is 0 Å². The fraction of sp³-hybridized carbons (Fsp3) is 0.500. The molecule has 2 N–H and O–H groups in total. The fourth-order valence-corrected chi connectivity index (χ4v) is 2.57. The molecular weight excluding hydrogens is 294 g/mol. The molecule has 5 nitrogen and oxygen atoms in total. The predicted molar refractivity (Wildman–Crippen MR) is 74.4 cm³/mol. The van der Waals surface area contributed by atoms with Crippen molar-refractivity contribution in [1.82, 2.24) is 25.1 Å². The highest BCUT2D eigenvalue weighted by molar-refractivity contribution is 9.10. The van der Waals surface area contributed by atoms with E-state index in [-0.39, 0.29) is 6.04 Å². The van der Waals surface area contributed by atoms with Crippen LogP contribution < -0.4 is 5.32 Å². The number of hydrogen-bond acceptors (Lipinski definition) is 3. The maximum atomic E-state index is 4.42. The topological polar surface area (TPSA) is 58.5 Å². The van der Waals surface area contributed by atoms with Crippen LogP contribution in [0.1, 0.15) is 30.2 Å². The summed E-state index contributed by atoms with van der Waals surface area (Å²) in [6.07, 6.45) is 4.48. The normalized spacial score (nSPS) is 12.9. The van der Waals surface area contributed by atoms with Gasteiger partial charge in [0.1, 0.15) is 5.82 Å². The number of imidazole rings is 1. The maximum Gasteiger partial charge on any atom is 0.123 e. The highest BCUT2D eigenvalue weighted by Gasteiger charge is 2.19. The molecule has 1 unspecified atom stereocenters. The molecule has 98 valence electrons. The van der Waals surface area contributed by atoms with Crippen molar-refractivity contribution in [3.63, 3.8) is 0 Å². The lowest BCUT2D eigenvalue weighted by atomic mass is 10.1. The first-order chi connectivity index (χ1) is 8.63. The molecule has 0 saturated carbocycles. The van der Waals surface area contributed by atoms with Crippen molar-refractivity contribution in [2.45, 2.75) is 26.3 Å². The van der Waals surface area contributed by atoms with Crippen molar-refractivity contribution in [2.24, 2.45) is 7.05 Å². The van der Waals surface area contributed by atoms with E-state index in [9.17, 15) is 0 Å². The molecule has 2 aromatic heterocycles. The first-order valence-electron chi connectivity index (χ1n) is 6.04. The molecule has 1 atom stereocenters. The van der Waals surface area contributed by atoms with E-state index < -0.39 is 0 Å². The van der Waals surface area contributed by atoms with Crippen LogP contribution in [0.25, 0.3) is 0 Å². The molecule has 2 heterocycles. The van der Waals surface area contributed by atoms with Crippen LogP contribution in [-0.4, -0.2) is 26.3 Å². The lowest BCUT2D eigenvalue weighted by Crippen LogP contribution is -2.25. The highest BCUT2D eigenvalue weighted by atomic mass is 79.9. The van der Waals surface area contributed by atoms with Crippen LogP contribution in [0.15, 0.2) is 16.9 Å². The van der Waals surface area contributed by atoms with Crippen LogP contribution in [0.3, 0.4) is 0 Å². The van der Waals surface area contributed by atoms with E-state index in [0.717, 1.165) is 29.0 Å². The number of hydrogen-bond donors (Lipinski definition) is 2. The van der Waals surface area contributed by atoms with Crippen LogP contribution in [0.2, 0.25) is 0 Å². The van der Waals surface area contributed by atoms with E-state index in [0.29, 0.717) is 0 Å². The van der Waals surface area contributed by atoms with Crippen molar-refractivity contribution in [3.05, 3.63) is 34.1 Å². The van der Waals surface area contributed by atoms with Gasteiger partial charge in [0.25, 0.3) is 0 Å². The van der Waals surface area contributed by atoms with Gasteiger partial charge in [0, 0.05) is 25.9 Å². The zero-order valence-electron chi connectivity index (χ0n) is 10.9. The zero-order valence-corrected chi connectivity index (χ0v) is 12.5. The Morgan fingerprint density at radius 2 is 2.33 bits per heavy atom. The van der Waals surface area contributed by atoms with Gasteiger partial charge in [-0.15, -0.1) is 0 Å². The fourth-order valence-electron chi connectivity index (χ4n) is 2.08. The molecule has 6 heteroatoms. The Balaban J connectivity index is 2.24. The largest absolute Gasteiger partial charge is 0.347 e. The lowest BCUT2D eigenvalue weighted by molar-refractivity contribution is 0.507. The molecule has 0 aliphatic rings. The van der Waals surface area contributed by atoms with E-state index in [4.69, 9.17) is 0 Å². The minimum atomic E-state index is 0.177. The summed E-state index contributed by atoms with van der Waals surface area (Å²) in [4.78, 5) is 7.50. The molecule has 2 aromatic rings. The molecule has 0 spiro atoms. The second-order valence-corrected chi connectivity index (χ2v) is 5.05. The molecule has 0 aliphatic heterocycles. The van der Waals surface area contributed by atoms with E-state index in [2.05, 4.69) is 43.2 Å². The Morgan fingerprint density at radius 1 is 1.56 bits per heavy atom. The lowest BCUT2D eigenvalue weighted by Gasteiger charge is -2.16. The monoisotopic (exact) mass is 311 g/mol. The summed E-state index contributed by atoms with van der Waals surface area (Å²) in [6, 6.07) is 0.177. The summed E-state index contributed by atoms with van der Waals surface area (Å²) < 4.78 is 3.01. The van der Waals surface area contributed by atoms with Crippen LogP contribution >= 0.6 is 15.9 Å². The number of H-pyrrole nitrogens is 1. The van der Waals surface area contributed by atoms with Crippen molar-refractivity contribution >= 4 is 15.9 Å². The first-order valence-corrected chi connectivity index (χ1v) is 6.83. The molecule has 0 radical (unpaired) electrons. The van der Waals surface area contributed by atoms with Crippen LogP contribution in [0.4, 0.5) is 0 Å². The van der Waals surface area contributed by atoms with Gasteiger partial charge in [-0.3, -0.25) is 4.68 Å². The molecule has 0 amide bonds. The number of rotatable bonds is 5. The number of aryl methyl sites for hydroxylation is 2. The third kappa shape index (κ3) is 2.64. The average molecular weight is 312 g/mol. The maximum absolute atomic E-state index is 4.42. The Hall–Kier alpha value is -1.14. The van der Waals surface area contributed by atoms with Gasteiger partial charge in [0.15, 0.2) is 0 Å². The van der Waals surface area contributed by atoms with Crippen LogP contribution in [0, 0.1) is 6.92 Å². The van der Waals surface area contributed by atoms with E-state index in [1.807, 2.05) is 24.9 Å². The smallest absolute Gasteiger partial charge is 0.123 e. The molecule has 0 fully saturated rings. The number of aromatic nitrogens is 4. The van der Waals surface area contributed by atoms with Crippen molar-refractivity contribution in [1.29, 1.82) is 0 Å². The second kappa shape index (κ2) is 5.67. The highest BCUT2D eigenvalue weighted by Crippen LogP contribution is 2.24. The summed E-state index contributed by atoms with van der Waals surface area (Å²) in [5.74, 6) is 0.961. The molecule has 0 bridgehead atoms. The molecule has 0 saturated heterocycles. The Morgan fingerprint density at radius 3 is 2.83 bits per heavy atom. The quantitative estimate of drug-likeness (QED) is 0.889. The van der Waals surface area contributed by atoms with Gasteiger partial charge in [0.05, 0.1) is 21.9 Å². The van der Waals surface area contributed by atoms with Crippen molar-refractivity contribution < 1.29 is 0 Å². The standard InChI is InChI=1S/C12H18BrN5/c1-4-14-9(12-15-5-6-16-12)7-10-11(13)8(2)17-18(10)3/h5-6,9,14H,4,7H2,1-3H3,(H,15,16). The zero-order chi connectivity index (χ0) is 13.1. The summed E-state index contributed by atoms with van der Waals surface area (Å²) in [7, 11) is 1.97. The summed E-state index contributed by atoms with van der Waals surface area (Å²) in [5.41, 5.74) is 2.19. The Kier molecular flexibility index (Phi) is 4.19. The minimum Gasteiger partial charge on any atom is -0.347 e. The number of aromatic amines is 1. The van der Waals surface area contributed by atoms with Crippen molar-refractivity contribution in [2.75, 3.05) is 6.54 Å². The van der Waals surface area contributed by atoms with E-state index in [1.165, 1.54) is 5.69 Å². The Labute approximate surface area is 115 Å². The van der Waals surface area contributed by atoms with Gasteiger partial charge in [-0.25, -0.2) is 4.98 Å². The van der Waals surface area contributed by atoms with Gasteiger partial charge in [-0.05, 0) is 29.4 Å². The van der Waals surface area contributed by atoms with E-state index >= 15 is 0 Å². The molecule has 2 rings (SSSR count). The number of nitrogens with zero attached hydrogens (tertiary/aromatic N) is 3. The molecule has 0 aromatic carbocycles. The van der Waals surface area contributed by atoms with Gasteiger partial charge in [0.2, 0.25) is 0 Å². The average Bonchev–Trinajstić information content (AvgIpc) is 2.93. The van der Waals surface area contributed by atoms with Crippen LogP contribution in [0.5, 0.6) is 0 Å². The van der Waals surface area contributed by atoms with Gasteiger partial charge in [-0.1, -0.05) is 6.92 Å². The minimum absolute atomic E-state index is 0.177. The SMILES string of the molecule is CCNC(Cc1c(Br)c(C)nn1C)c1ncc[nH]1. The third-order valence-corrected chi connectivity index (χ3v) is 3.99. The van der Waals surface area contributed by atoms with Crippen LogP contribution in [-0.2, 0) is 13.5 Å². The molecule has 0 aliphatic carbocycles. The van der Waals surface area contributed by atoms with E-state index in [1.54, 1.807) is 6.20 Å². The summed E-state index contributed by atoms with van der Waals surface area (Å²) >= 11 is 3.60. The predicted octanol–water partition coefficient (Wildman–Crippen LogP) is 2.11. The third-order valence-electron chi connectivity index (χ3n) is 2.96. The Bertz CT molecular complexity index is 503. The molecular formula is C12H18BrN5.